The molecule has 0 fully saturated rings. The summed E-state index contributed by atoms with van der Waals surface area (Å²) in [6.45, 7) is 5.08. The molecule has 0 saturated heterocycles. The van der Waals surface area contributed by atoms with Crippen LogP contribution in [0.1, 0.15) is 18.9 Å². The molecule has 0 atom stereocenters. The zero-order valence-corrected chi connectivity index (χ0v) is 14.0. The maximum Gasteiger partial charge on any atom is 0.162 e. The van der Waals surface area contributed by atoms with E-state index in [1.165, 1.54) is 5.56 Å². The van der Waals surface area contributed by atoms with Crippen LogP contribution in [0, 0.1) is 6.92 Å². The maximum absolute atomic E-state index is 4.57. The van der Waals surface area contributed by atoms with Crippen molar-refractivity contribution < 1.29 is 0 Å². The van der Waals surface area contributed by atoms with E-state index in [0.717, 1.165) is 33.3 Å². The Kier molecular flexibility index (Phi) is 4.93. The molecule has 0 spiro atoms. The van der Waals surface area contributed by atoms with Gasteiger partial charge in [0.1, 0.15) is 5.82 Å². The third-order valence-electron chi connectivity index (χ3n) is 2.65. The van der Waals surface area contributed by atoms with Gasteiger partial charge in [0, 0.05) is 22.8 Å². The molecular formula is C14H15Br2N3. The minimum Gasteiger partial charge on any atom is -0.369 e. The van der Waals surface area contributed by atoms with Crippen molar-refractivity contribution in [2.75, 3.05) is 11.9 Å². The summed E-state index contributed by atoms with van der Waals surface area (Å²) in [5, 5.41) is 3.29. The number of aromatic nitrogens is 2. The van der Waals surface area contributed by atoms with E-state index >= 15 is 0 Å². The highest BCUT2D eigenvalue weighted by Gasteiger charge is 2.09. The van der Waals surface area contributed by atoms with Gasteiger partial charge < -0.3 is 5.32 Å². The van der Waals surface area contributed by atoms with Crippen LogP contribution in [-0.2, 0) is 0 Å². The van der Waals surface area contributed by atoms with Crippen LogP contribution >= 0.6 is 31.9 Å². The van der Waals surface area contributed by atoms with Crippen molar-refractivity contribution in [2.24, 2.45) is 0 Å². The van der Waals surface area contributed by atoms with Gasteiger partial charge in [0.25, 0.3) is 0 Å². The first-order valence-electron chi connectivity index (χ1n) is 6.14. The average molecular weight is 385 g/mol. The first-order valence-corrected chi connectivity index (χ1v) is 7.73. The van der Waals surface area contributed by atoms with Crippen molar-refractivity contribution in [1.82, 2.24) is 9.97 Å². The number of rotatable bonds is 4. The van der Waals surface area contributed by atoms with Crippen LogP contribution in [0.5, 0.6) is 0 Å². The first-order chi connectivity index (χ1) is 9.11. The SMILES string of the molecule is CCCNc1nc(-c2ccc(C)cc2Br)ncc1Br. The Morgan fingerprint density at radius 2 is 2.00 bits per heavy atom. The van der Waals surface area contributed by atoms with Crippen LogP contribution in [0.4, 0.5) is 5.82 Å². The summed E-state index contributed by atoms with van der Waals surface area (Å²) in [4.78, 5) is 8.95. The summed E-state index contributed by atoms with van der Waals surface area (Å²) in [7, 11) is 0. The second kappa shape index (κ2) is 6.48. The highest BCUT2D eigenvalue weighted by molar-refractivity contribution is 9.11. The standard InChI is InChI=1S/C14H15Br2N3/c1-3-6-17-14-12(16)8-18-13(19-14)10-5-4-9(2)7-11(10)15/h4-5,7-8H,3,6H2,1-2H3,(H,17,18,19). The Balaban J connectivity index is 2.39. The molecule has 1 aromatic heterocycles. The van der Waals surface area contributed by atoms with Gasteiger partial charge in [-0.1, -0.05) is 28.9 Å². The molecule has 0 amide bonds. The molecule has 0 aliphatic heterocycles. The number of halogens is 2. The van der Waals surface area contributed by atoms with E-state index in [1.807, 2.05) is 6.07 Å². The van der Waals surface area contributed by atoms with Crippen molar-refractivity contribution >= 4 is 37.7 Å². The average Bonchev–Trinajstić information content (AvgIpc) is 2.38. The lowest BCUT2D eigenvalue weighted by Crippen LogP contribution is -2.04. The predicted octanol–water partition coefficient (Wildman–Crippen LogP) is 4.80. The van der Waals surface area contributed by atoms with Crippen molar-refractivity contribution in [3.8, 4) is 11.4 Å². The molecule has 19 heavy (non-hydrogen) atoms. The Hall–Kier alpha value is -0.940. The molecule has 0 bridgehead atoms. The number of hydrogen-bond acceptors (Lipinski definition) is 3. The Morgan fingerprint density at radius 1 is 1.21 bits per heavy atom. The monoisotopic (exact) mass is 383 g/mol. The van der Waals surface area contributed by atoms with Crippen LogP contribution < -0.4 is 5.32 Å². The number of anilines is 1. The number of nitrogens with one attached hydrogen (secondary N) is 1. The lowest BCUT2D eigenvalue weighted by atomic mass is 10.1. The lowest BCUT2D eigenvalue weighted by molar-refractivity contribution is 0.963. The molecule has 0 saturated carbocycles. The summed E-state index contributed by atoms with van der Waals surface area (Å²) >= 11 is 7.03. The summed E-state index contributed by atoms with van der Waals surface area (Å²) in [5.41, 5.74) is 2.20. The van der Waals surface area contributed by atoms with Gasteiger partial charge in [0.15, 0.2) is 5.82 Å². The van der Waals surface area contributed by atoms with Crippen molar-refractivity contribution in [2.45, 2.75) is 20.3 Å². The van der Waals surface area contributed by atoms with Crippen molar-refractivity contribution in [1.29, 1.82) is 0 Å². The van der Waals surface area contributed by atoms with Gasteiger partial charge in [-0.3, -0.25) is 0 Å². The van der Waals surface area contributed by atoms with Crippen LogP contribution in [0.3, 0.4) is 0 Å². The highest BCUT2D eigenvalue weighted by Crippen LogP contribution is 2.29. The topological polar surface area (TPSA) is 37.8 Å². The highest BCUT2D eigenvalue weighted by atomic mass is 79.9. The smallest absolute Gasteiger partial charge is 0.162 e. The predicted molar refractivity (Wildman–Crippen MR) is 86.4 cm³/mol. The van der Waals surface area contributed by atoms with Gasteiger partial charge in [-0.25, -0.2) is 9.97 Å². The fourth-order valence-corrected chi connectivity index (χ4v) is 2.67. The second-order valence-electron chi connectivity index (χ2n) is 4.30. The van der Waals surface area contributed by atoms with Gasteiger partial charge in [0.05, 0.1) is 4.47 Å². The minimum absolute atomic E-state index is 0.716. The fourth-order valence-electron chi connectivity index (χ4n) is 1.67. The molecule has 5 heteroatoms. The Bertz CT molecular complexity index is 585. The van der Waals surface area contributed by atoms with Gasteiger partial charge in [-0.05, 0) is 47.0 Å². The second-order valence-corrected chi connectivity index (χ2v) is 6.01. The molecule has 0 radical (unpaired) electrons. The molecular weight excluding hydrogens is 370 g/mol. The third-order valence-corrected chi connectivity index (χ3v) is 3.89. The number of nitrogens with zero attached hydrogens (tertiary/aromatic N) is 2. The summed E-state index contributed by atoms with van der Waals surface area (Å²) in [6.07, 6.45) is 2.84. The molecule has 1 N–H and O–H groups in total. The lowest BCUT2D eigenvalue weighted by Gasteiger charge is -2.09. The van der Waals surface area contributed by atoms with E-state index < -0.39 is 0 Å². The molecule has 1 heterocycles. The van der Waals surface area contributed by atoms with E-state index in [0.29, 0.717) is 5.82 Å². The van der Waals surface area contributed by atoms with E-state index in [-0.39, 0.29) is 0 Å². The normalized spacial score (nSPS) is 10.5. The van der Waals surface area contributed by atoms with Crippen LogP contribution in [0.2, 0.25) is 0 Å². The zero-order chi connectivity index (χ0) is 13.8. The summed E-state index contributed by atoms with van der Waals surface area (Å²) < 4.78 is 1.89. The molecule has 0 aliphatic carbocycles. The molecule has 2 rings (SSSR count). The molecule has 2 aromatic rings. The van der Waals surface area contributed by atoms with E-state index in [2.05, 4.69) is 73.1 Å². The molecule has 0 unspecified atom stereocenters. The Morgan fingerprint density at radius 3 is 2.68 bits per heavy atom. The Labute approximate surface area is 130 Å². The summed E-state index contributed by atoms with van der Waals surface area (Å²) in [5.74, 6) is 1.55. The van der Waals surface area contributed by atoms with Crippen LogP contribution in [0.25, 0.3) is 11.4 Å². The van der Waals surface area contributed by atoms with Crippen molar-refractivity contribution in [3.05, 3.63) is 38.9 Å². The molecule has 1 aromatic carbocycles. The van der Waals surface area contributed by atoms with E-state index in [1.54, 1.807) is 6.20 Å². The van der Waals surface area contributed by atoms with Gasteiger partial charge in [-0.15, -0.1) is 0 Å². The van der Waals surface area contributed by atoms with Gasteiger partial charge >= 0.3 is 0 Å². The summed E-state index contributed by atoms with van der Waals surface area (Å²) in [6, 6.07) is 6.16. The molecule has 0 aliphatic rings. The van der Waals surface area contributed by atoms with E-state index in [9.17, 15) is 0 Å². The fraction of sp³-hybridized carbons (Fsp3) is 0.286. The largest absolute Gasteiger partial charge is 0.369 e. The van der Waals surface area contributed by atoms with Crippen LogP contribution in [0.15, 0.2) is 33.3 Å². The van der Waals surface area contributed by atoms with Gasteiger partial charge in [0.2, 0.25) is 0 Å². The maximum atomic E-state index is 4.57. The van der Waals surface area contributed by atoms with Crippen LogP contribution in [-0.4, -0.2) is 16.5 Å². The third kappa shape index (κ3) is 3.54. The van der Waals surface area contributed by atoms with Gasteiger partial charge in [-0.2, -0.15) is 0 Å². The quantitative estimate of drug-likeness (QED) is 0.822. The molecule has 100 valence electrons. The number of aryl methyl sites for hydroxylation is 1. The van der Waals surface area contributed by atoms with E-state index in [4.69, 9.17) is 0 Å². The van der Waals surface area contributed by atoms with Crippen molar-refractivity contribution in [3.63, 3.8) is 0 Å². The number of benzene rings is 1. The number of hydrogen-bond donors (Lipinski definition) is 1. The minimum atomic E-state index is 0.716. The zero-order valence-electron chi connectivity index (χ0n) is 10.9. The molecule has 3 nitrogen and oxygen atoms in total. The first kappa shape index (κ1) is 14.5.